The molecule has 2 aromatic carbocycles. The van der Waals surface area contributed by atoms with Crippen molar-refractivity contribution in [3.05, 3.63) is 82.3 Å². The number of hydrogen-bond acceptors (Lipinski definition) is 5. The quantitative estimate of drug-likeness (QED) is 0.473. The van der Waals surface area contributed by atoms with Gasteiger partial charge in [-0.05, 0) is 29.7 Å². The van der Waals surface area contributed by atoms with Gasteiger partial charge in [0.25, 0.3) is 0 Å². The van der Waals surface area contributed by atoms with E-state index in [1.165, 1.54) is 0 Å². The lowest BCUT2D eigenvalue weighted by Crippen LogP contribution is -2.09. The summed E-state index contributed by atoms with van der Waals surface area (Å²) in [7, 11) is 0. The Morgan fingerprint density at radius 3 is 2.66 bits per heavy atom. The summed E-state index contributed by atoms with van der Waals surface area (Å²) in [4.78, 5) is 9.40. The summed E-state index contributed by atoms with van der Waals surface area (Å²) in [5.74, 6) is 0.0885. The zero-order valence-corrected chi connectivity index (χ0v) is 16.7. The van der Waals surface area contributed by atoms with Crippen LogP contribution in [-0.4, -0.2) is 25.0 Å². The minimum Gasteiger partial charge on any atom is -0.234 e. The fourth-order valence-electron chi connectivity index (χ4n) is 3.30. The molecule has 2 heterocycles. The summed E-state index contributed by atoms with van der Waals surface area (Å²) in [5.41, 5.74) is 3.64. The molecule has 4 rings (SSSR count). The van der Waals surface area contributed by atoms with Gasteiger partial charge in [-0.25, -0.2) is 14.6 Å². The lowest BCUT2D eigenvalue weighted by molar-refractivity contribution is 0.662. The molecule has 0 radical (unpaired) electrons. The first-order chi connectivity index (χ1) is 14.2. The van der Waals surface area contributed by atoms with Crippen molar-refractivity contribution in [2.24, 2.45) is 0 Å². The van der Waals surface area contributed by atoms with Gasteiger partial charge in [-0.2, -0.15) is 5.26 Å². The van der Waals surface area contributed by atoms with Crippen molar-refractivity contribution in [2.45, 2.75) is 32.2 Å². The summed E-state index contributed by atoms with van der Waals surface area (Å²) in [6, 6.07) is 19.7. The number of fused-ring (bicyclic) bond motifs is 1. The maximum Gasteiger partial charge on any atom is 0.182 e. The smallest absolute Gasteiger partial charge is 0.182 e. The predicted octanol–water partition coefficient (Wildman–Crippen LogP) is 4.53. The van der Waals surface area contributed by atoms with E-state index >= 15 is 0 Å². The monoisotopic (exact) mass is 402 g/mol. The number of aryl methyl sites for hydroxylation is 1. The molecule has 0 amide bonds. The van der Waals surface area contributed by atoms with Gasteiger partial charge >= 0.3 is 0 Å². The second-order valence-corrected chi connectivity index (χ2v) is 7.23. The maximum atomic E-state index is 9.94. The molecule has 1 atom stereocenters. The second-order valence-electron chi connectivity index (χ2n) is 6.80. The number of nitriles is 1. The van der Waals surface area contributed by atoms with Crippen molar-refractivity contribution in [3.63, 3.8) is 0 Å². The van der Waals surface area contributed by atoms with Gasteiger partial charge in [0.1, 0.15) is 11.7 Å². The molecule has 29 heavy (non-hydrogen) atoms. The average Bonchev–Trinajstić information content (AvgIpc) is 3.12. The summed E-state index contributed by atoms with van der Waals surface area (Å²) in [5, 5.41) is 19.2. The Morgan fingerprint density at radius 1 is 1.10 bits per heavy atom. The third-order valence-electron chi connectivity index (χ3n) is 4.67. The molecular weight excluding hydrogens is 384 g/mol. The average molecular weight is 403 g/mol. The van der Waals surface area contributed by atoms with Crippen molar-refractivity contribution in [1.29, 1.82) is 5.26 Å². The number of halogens is 1. The SMILES string of the molecule is CCCc1nc([C@@H](C#N)c2cccc(Cl)c2)c2nnn(Cc3ccccc3)c2n1. The van der Waals surface area contributed by atoms with Gasteiger partial charge in [0.15, 0.2) is 11.2 Å². The highest BCUT2D eigenvalue weighted by Crippen LogP contribution is 2.29. The number of aromatic nitrogens is 5. The topological polar surface area (TPSA) is 80.3 Å². The van der Waals surface area contributed by atoms with Crippen LogP contribution >= 0.6 is 11.6 Å². The molecule has 0 saturated carbocycles. The van der Waals surface area contributed by atoms with Gasteiger partial charge in [0.05, 0.1) is 18.3 Å². The molecule has 0 fully saturated rings. The van der Waals surface area contributed by atoms with Crippen molar-refractivity contribution in [2.75, 3.05) is 0 Å². The molecule has 0 aliphatic heterocycles. The summed E-state index contributed by atoms with van der Waals surface area (Å²) < 4.78 is 1.77. The van der Waals surface area contributed by atoms with Gasteiger partial charge in [0.2, 0.25) is 0 Å². The largest absolute Gasteiger partial charge is 0.234 e. The summed E-state index contributed by atoms with van der Waals surface area (Å²) >= 11 is 6.15. The molecule has 0 bridgehead atoms. The van der Waals surface area contributed by atoms with E-state index in [0.29, 0.717) is 40.7 Å². The number of rotatable bonds is 6. The maximum absolute atomic E-state index is 9.94. The Labute approximate surface area is 173 Å². The van der Waals surface area contributed by atoms with Crippen molar-refractivity contribution >= 4 is 22.8 Å². The van der Waals surface area contributed by atoms with Crippen LogP contribution in [-0.2, 0) is 13.0 Å². The van der Waals surface area contributed by atoms with E-state index in [0.717, 1.165) is 17.5 Å². The van der Waals surface area contributed by atoms with Crippen LogP contribution in [0.25, 0.3) is 11.2 Å². The molecule has 0 spiro atoms. The van der Waals surface area contributed by atoms with Crippen LogP contribution in [0.3, 0.4) is 0 Å². The first-order valence-corrected chi connectivity index (χ1v) is 9.86. The summed E-state index contributed by atoms with van der Waals surface area (Å²) in [6.45, 7) is 2.62. The lowest BCUT2D eigenvalue weighted by Gasteiger charge is -2.12. The Bertz CT molecular complexity index is 1180. The highest BCUT2D eigenvalue weighted by molar-refractivity contribution is 6.30. The van der Waals surface area contributed by atoms with E-state index in [-0.39, 0.29) is 0 Å². The van der Waals surface area contributed by atoms with Crippen molar-refractivity contribution in [1.82, 2.24) is 25.0 Å². The third kappa shape index (κ3) is 3.96. The fourth-order valence-corrected chi connectivity index (χ4v) is 3.50. The van der Waals surface area contributed by atoms with Gasteiger partial charge < -0.3 is 0 Å². The van der Waals surface area contributed by atoms with E-state index in [2.05, 4.69) is 23.3 Å². The van der Waals surface area contributed by atoms with Crippen LogP contribution in [0.1, 0.15) is 41.9 Å². The van der Waals surface area contributed by atoms with Gasteiger partial charge in [-0.1, -0.05) is 66.2 Å². The standard InChI is InChI=1S/C22H19ClN6/c1-2-7-19-25-20(18(13-24)16-10-6-11-17(23)12-16)21-22(26-19)29(28-27-21)14-15-8-4-3-5-9-15/h3-6,8-12,18H,2,7,14H2,1H3/t18-/m0/s1. The first-order valence-electron chi connectivity index (χ1n) is 9.48. The molecule has 0 N–H and O–H groups in total. The van der Waals surface area contributed by atoms with E-state index in [1.807, 2.05) is 42.5 Å². The lowest BCUT2D eigenvalue weighted by atomic mass is 9.96. The molecule has 0 aliphatic carbocycles. The molecule has 6 nitrogen and oxygen atoms in total. The van der Waals surface area contributed by atoms with Crippen LogP contribution < -0.4 is 0 Å². The molecule has 0 unspecified atom stereocenters. The second kappa shape index (κ2) is 8.38. The zero-order valence-electron chi connectivity index (χ0n) is 16.0. The van der Waals surface area contributed by atoms with Gasteiger partial charge in [-0.3, -0.25) is 0 Å². The van der Waals surface area contributed by atoms with Crippen molar-refractivity contribution in [3.8, 4) is 6.07 Å². The predicted molar refractivity (Wildman–Crippen MR) is 112 cm³/mol. The molecule has 2 aromatic heterocycles. The first kappa shape index (κ1) is 19.0. The number of hydrogen-bond donors (Lipinski definition) is 0. The number of nitrogens with zero attached hydrogens (tertiary/aromatic N) is 6. The van der Waals surface area contributed by atoms with Crippen LogP contribution in [0.2, 0.25) is 5.02 Å². The van der Waals surface area contributed by atoms with E-state index in [1.54, 1.807) is 16.8 Å². The molecule has 144 valence electrons. The Hall–Kier alpha value is -3.30. The van der Waals surface area contributed by atoms with Crippen LogP contribution in [0, 0.1) is 11.3 Å². The molecule has 7 heteroatoms. The van der Waals surface area contributed by atoms with Crippen LogP contribution in [0.15, 0.2) is 54.6 Å². The molecular formula is C22H19ClN6. The van der Waals surface area contributed by atoms with Crippen LogP contribution in [0.5, 0.6) is 0 Å². The number of benzene rings is 2. The highest BCUT2D eigenvalue weighted by Gasteiger charge is 2.23. The van der Waals surface area contributed by atoms with E-state index < -0.39 is 5.92 Å². The molecule has 0 aliphatic rings. The zero-order chi connectivity index (χ0) is 20.2. The Kier molecular flexibility index (Phi) is 5.50. The molecule has 0 saturated heterocycles. The Morgan fingerprint density at radius 2 is 1.93 bits per heavy atom. The van der Waals surface area contributed by atoms with E-state index in [4.69, 9.17) is 21.6 Å². The van der Waals surface area contributed by atoms with Crippen molar-refractivity contribution < 1.29 is 0 Å². The van der Waals surface area contributed by atoms with Crippen LogP contribution in [0.4, 0.5) is 0 Å². The fraction of sp³-hybridized carbons (Fsp3) is 0.227. The molecule has 4 aromatic rings. The van der Waals surface area contributed by atoms with E-state index in [9.17, 15) is 5.26 Å². The minimum absolute atomic E-state index is 0.548. The van der Waals surface area contributed by atoms with Gasteiger partial charge in [-0.15, -0.1) is 5.10 Å². The third-order valence-corrected chi connectivity index (χ3v) is 4.90. The minimum atomic E-state index is -0.600. The normalized spacial score (nSPS) is 12.0. The highest BCUT2D eigenvalue weighted by atomic mass is 35.5. The summed E-state index contributed by atoms with van der Waals surface area (Å²) in [6.07, 6.45) is 1.62. The Balaban J connectivity index is 1.86. The van der Waals surface area contributed by atoms with Gasteiger partial charge in [0, 0.05) is 11.4 Å².